The first-order valence-corrected chi connectivity index (χ1v) is 4.01. The number of thioether (sulfide) groups is 1. The molecule has 0 spiro atoms. The van der Waals surface area contributed by atoms with Gasteiger partial charge in [0.2, 0.25) is 0 Å². The van der Waals surface area contributed by atoms with Crippen molar-refractivity contribution in [3.05, 3.63) is 0 Å². The molecular weight excluding hydrogens is 124 g/mol. The van der Waals surface area contributed by atoms with Crippen LogP contribution in [0.25, 0.3) is 0 Å². The van der Waals surface area contributed by atoms with Crippen LogP contribution < -0.4 is 0 Å². The van der Waals surface area contributed by atoms with Crippen molar-refractivity contribution in [1.29, 1.82) is 0 Å². The Morgan fingerprint density at radius 3 is 1.62 bits per heavy atom. The molecular formula is C5H14O2S. The van der Waals surface area contributed by atoms with Gasteiger partial charge in [0.1, 0.15) is 0 Å². The summed E-state index contributed by atoms with van der Waals surface area (Å²) in [6, 6.07) is 0. The third kappa shape index (κ3) is 33.8. The fourth-order valence-electron chi connectivity index (χ4n) is 0. The van der Waals surface area contributed by atoms with Gasteiger partial charge in [0.15, 0.2) is 0 Å². The molecule has 1 unspecified atom stereocenters. The first-order valence-electron chi connectivity index (χ1n) is 2.38. The van der Waals surface area contributed by atoms with Crippen LogP contribution >= 0.6 is 11.8 Å². The summed E-state index contributed by atoms with van der Waals surface area (Å²) in [5.41, 5.74) is 0. The second-order valence-electron chi connectivity index (χ2n) is 1.44. The SMILES string of the molecule is CC(O)CO.CSC. The number of aliphatic hydroxyl groups excluding tert-OH is 2. The summed E-state index contributed by atoms with van der Waals surface area (Å²) < 4.78 is 0. The summed E-state index contributed by atoms with van der Waals surface area (Å²) >= 11 is 1.75. The Morgan fingerprint density at radius 2 is 1.62 bits per heavy atom. The van der Waals surface area contributed by atoms with E-state index in [1.807, 2.05) is 12.5 Å². The molecule has 2 nitrogen and oxygen atoms in total. The van der Waals surface area contributed by atoms with E-state index in [1.165, 1.54) is 6.92 Å². The van der Waals surface area contributed by atoms with Gasteiger partial charge in [-0.1, -0.05) is 0 Å². The fourth-order valence-corrected chi connectivity index (χ4v) is 0. The molecule has 0 aliphatic rings. The lowest BCUT2D eigenvalue weighted by Crippen LogP contribution is -2.03. The van der Waals surface area contributed by atoms with Gasteiger partial charge in [-0.3, -0.25) is 0 Å². The van der Waals surface area contributed by atoms with Crippen LogP contribution in [0, 0.1) is 0 Å². The number of aliphatic hydroxyl groups is 2. The van der Waals surface area contributed by atoms with E-state index in [4.69, 9.17) is 10.2 Å². The molecule has 0 rings (SSSR count). The van der Waals surface area contributed by atoms with Crippen LogP contribution in [0.15, 0.2) is 0 Å². The summed E-state index contributed by atoms with van der Waals surface area (Å²) in [6.07, 6.45) is 3.52. The largest absolute Gasteiger partial charge is 0.394 e. The lowest BCUT2D eigenvalue weighted by atomic mass is 10.5. The average molecular weight is 138 g/mol. The summed E-state index contributed by atoms with van der Waals surface area (Å²) in [5, 5.41) is 16.0. The standard InChI is InChI=1S/C3H8O2.C2H6S/c1-3(5)2-4;1-3-2/h3-5H,2H2,1H3;1-2H3. The van der Waals surface area contributed by atoms with Crippen molar-refractivity contribution >= 4 is 11.8 Å². The van der Waals surface area contributed by atoms with E-state index in [0.29, 0.717) is 0 Å². The normalized spacial score (nSPS) is 11.6. The molecule has 0 saturated heterocycles. The molecule has 0 aromatic carbocycles. The highest BCUT2D eigenvalue weighted by molar-refractivity contribution is 7.97. The second kappa shape index (κ2) is 10.3. The predicted octanol–water partition coefficient (Wildman–Crippen LogP) is 0.339. The van der Waals surface area contributed by atoms with Crippen LogP contribution in [-0.4, -0.2) is 35.4 Å². The second-order valence-corrected chi connectivity index (χ2v) is 2.26. The van der Waals surface area contributed by atoms with Crippen LogP contribution in [0.5, 0.6) is 0 Å². The molecule has 0 saturated carbocycles. The van der Waals surface area contributed by atoms with Crippen molar-refractivity contribution in [2.45, 2.75) is 13.0 Å². The molecule has 0 aromatic heterocycles. The van der Waals surface area contributed by atoms with Gasteiger partial charge in [-0.2, -0.15) is 11.8 Å². The summed E-state index contributed by atoms with van der Waals surface area (Å²) in [4.78, 5) is 0. The Hall–Kier alpha value is 0.270. The van der Waals surface area contributed by atoms with E-state index in [2.05, 4.69) is 0 Å². The number of rotatable bonds is 1. The smallest absolute Gasteiger partial charge is 0.0742 e. The van der Waals surface area contributed by atoms with Crippen LogP contribution in [0.4, 0.5) is 0 Å². The molecule has 0 aromatic rings. The quantitative estimate of drug-likeness (QED) is 0.549. The third-order valence-electron chi connectivity index (χ3n) is 0.264. The minimum Gasteiger partial charge on any atom is -0.394 e. The van der Waals surface area contributed by atoms with Crippen molar-refractivity contribution in [2.24, 2.45) is 0 Å². The van der Waals surface area contributed by atoms with Crippen LogP contribution in [0.1, 0.15) is 6.92 Å². The zero-order valence-corrected chi connectivity index (χ0v) is 6.40. The summed E-state index contributed by atoms with van der Waals surface area (Å²) in [5.74, 6) is 0. The van der Waals surface area contributed by atoms with E-state index in [1.54, 1.807) is 11.8 Å². The number of hydrogen-bond donors (Lipinski definition) is 2. The molecule has 1 atom stereocenters. The highest BCUT2D eigenvalue weighted by atomic mass is 32.2. The van der Waals surface area contributed by atoms with Gasteiger partial charge >= 0.3 is 0 Å². The Labute approximate surface area is 54.9 Å². The lowest BCUT2D eigenvalue weighted by molar-refractivity contribution is 0.110. The molecule has 0 heterocycles. The van der Waals surface area contributed by atoms with E-state index in [-0.39, 0.29) is 6.61 Å². The van der Waals surface area contributed by atoms with Gasteiger partial charge in [-0.25, -0.2) is 0 Å². The maximum Gasteiger partial charge on any atom is 0.0742 e. The molecule has 52 valence electrons. The molecule has 0 amide bonds. The van der Waals surface area contributed by atoms with Crippen molar-refractivity contribution in [3.63, 3.8) is 0 Å². The molecule has 0 radical (unpaired) electrons. The van der Waals surface area contributed by atoms with E-state index in [9.17, 15) is 0 Å². The van der Waals surface area contributed by atoms with Crippen LogP contribution in [-0.2, 0) is 0 Å². The molecule has 8 heavy (non-hydrogen) atoms. The molecule has 0 bridgehead atoms. The Morgan fingerprint density at radius 1 is 1.50 bits per heavy atom. The molecule has 3 heteroatoms. The maximum atomic E-state index is 8.11. The Bertz CT molecular complexity index is 31.6. The zero-order valence-electron chi connectivity index (χ0n) is 5.59. The molecule has 0 fully saturated rings. The van der Waals surface area contributed by atoms with Crippen molar-refractivity contribution in [2.75, 3.05) is 19.1 Å². The van der Waals surface area contributed by atoms with Crippen molar-refractivity contribution in [1.82, 2.24) is 0 Å². The van der Waals surface area contributed by atoms with Gasteiger partial charge in [-0.15, -0.1) is 0 Å². The van der Waals surface area contributed by atoms with Gasteiger partial charge in [-0.05, 0) is 19.4 Å². The Balaban J connectivity index is 0. The van der Waals surface area contributed by atoms with Crippen molar-refractivity contribution in [3.8, 4) is 0 Å². The monoisotopic (exact) mass is 138 g/mol. The number of hydrogen-bond acceptors (Lipinski definition) is 3. The minimum atomic E-state index is -0.560. The van der Waals surface area contributed by atoms with E-state index < -0.39 is 6.10 Å². The van der Waals surface area contributed by atoms with Gasteiger partial charge in [0, 0.05) is 0 Å². The van der Waals surface area contributed by atoms with E-state index in [0.717, 1.165) is 0 Å². The zero-order chi connectivity index (χ0) is 6.99. The maximum absolute atomic E-state index is 8.11. The first kappa shape index (κ1) is 11.1. The van der Waals surface area contributed by atoms with E-state index >= 15 is 0 Å². The van der Waals surface area contributed by atoms with Crippen molar-refractivity contribution < 1.29 is 10.2 Å². The molecule has 2 N–H and O–H groups in total. The average Bonchev–Trinajstić information content (AvgIpc) is 1.69. The summed E-state index contributed by atoms with van der Waals surface area (Å²) in [7, 11) is 0. The Kier molecular flexibility index (Phi) is 14.3. The molecule has 0 aliphatic heterocycles. The minimum absolute atomic E-state index is 0.139. The first-order chi connectivity index (χ1) is 3.68. The fraction of sp³-hybridized carbons (Fsp3) is 1.00. The van der Waals surface area contributed by atoms with Crippen LogP contribution in [0.2, 0.25) is 0 Å². The van der Waals surface area contributed by atoms with Gasteiger partial charge < -0.3 is 10.2 Å². The summed E-state index contributed by atoms with van der Waals surface area (Å²) in [6.45, 7) is 1.39. The van der Waals surface area contributed by atoms with Gasteiger partial charge in [0.05, 0.1) is 12.7 Å². The third-order valence-corrected chi connectivity index (χ3v) is 0.264. The molecule has 0 aliphatic carbocycles. The van der Waals surface area contributed by atoms with Crippen LogP contribution in [0.3, 0.4) is 0 Å². The topological polar surface area (TPSA) is 40.5 Å². The van der Waals surface area contributed by atoms with Gasteiger partial charge in [0.25, 0.3) is 0 Å². The highest BCUT2D eigenvalue weighted by Crippen LogP contribution is 1.70. The lowest BCUT2D eigenvalue weighted by Gasteiger charge is -1.90. The predicted molar refractivity (Wildman–Crippen MR) is 38.2 cm³/mol. The highest BCUT2D eigenvalue weighted by Gasteiger charge is 1.83.